The number of carbonyl (C=O) groups excluding carboxylic acids is 1. The number of carbonyl (C=O) groups is 1. The predicted molar refractivity (Wildman–Crippen MR) is 95.5 cm³/mol. The van der Waals surface area contributed by atoms with Crippen molar-refractivity contribution in [2.75, 3.05) is 10.6 Å². The number of halogens is 3. The molecule has 144 valence electrons. The molecule has 0 spiro atoms. The predicted octanol–water partition coefficient (Wildman–Crippen LogP) is 4.07. The molecule has 0 radical (unpaired) electrons. The van der Waals surface area contributed by atoms with Crippen LogP contribution < -0.4 is 10.6 Å². The summed E-state index contributed by atoms with van der Waals surface area (Å²) in [5.41, 5.74) is -0.198. The maximum absolute atomic E-state index is 12.6. The molecule has 27 heavy (non-hydrogen) atoms. The first-order valence-electron chi connectivity index (χ1n) is 8.71. The molecule has 1 aliphatic rings. The van der Waals surface area contributed by atoms with Crippen LogP contribution in [0.15, 0.2) is 42.6 Å². The zero-order valence-corrected chi connectivity index (χ0v) is 14.5. The average Bonchev–Trinajstić information content (AvgIpc) is 2.64. The number of aromatic nitrogens is 1. The highest BCUT2D eigenvalue weighted by atomic mass is 19.4. The lowest BCUT2D eigenvalue weighted by Crippen LogP contribution is -2.29. The Bertz CT molecular complexity index is 786. The molecule has 1 aromatic heterocycles. The number of anilines is 2. The molecule has 3 N–H and O–H groups in total. The molecule has 8 heteroatoms. The summed E-state index contributed by atoms with van der Waals surface area (Å²) in [6.45, 7) is 0. The van der Waals surface area contributed by atoms with Gasteiger partial charge in [-0.25, -0.2) is 4.98 Å². The van der Waals surface area contributed by atoms with Gasteiger partial charge in [-0.2, -0.15) is 13.2 Å². The largest absolute Gasteiger partial charge is 0.416 e. The van der Waals surface area contributed by atoms with E-state index in [2.05, 4.69) is 15.6 Å². The Labute approximate surface area is 154 Å². The molecule has 1 fully saturated rings. The molecule has 0 saturated heterocycles. The molecule has 0 unspecified atom stereocenters. The van der Waals surface area contributed by atoms with Gasteiger partial charge in [0.15, 0.2) is 0 Å². The molecule has 0 bridgehead atoms. The van der Waals surface area contributed by atoms with Gasteiger partial charge in [0.2, 0.25) is 0 Å². The second kappa shape index (κ2) is 7.96. The van der Waals surface area contributed by atoms with E-state index in [0.717, 1.165) is 25.0 Å². The van der Waals surface area contributed by atoms with Crippen LogP contribution in [0.3, 0.4) is 0 Å². The number of nitrogens with one attached hydrogen (secondary N) is 2. The molecule has 0 atom stereocenters. The lowest BCUT2D eigenvalue weighted by Gasteiger charge is -2.27. The standard InChI is InChI=1S/C19H20F3N3O2/c20-19(21,22)12-3-5-14(6-4-12)25-18(27)16-2-1-11-23-17(16)24-13-7-9-15(26)10-8-13/h1-6,11,13,15,26H,7-10H2,(H,23,24)(H,25,27). The summed E-state index contributed by atoms with van der Waals surface area (Å²) in [4.78, 5) is 16.8. The fraction of sp³-hybridized carbons (Fsp3) is 0.368. The number of rotatable bonds is 4. The number of aliphatic hydroxyl groups is 1. The molecule has 3 rings (SSSR count). The smallest absolute Gasteiger partial charge is 0.393 e. The van der Waals surface area contributed by atoms with Gasteiger partial charge in [0, 0.05) is 17.9 Å². The van der Waals surface area contributed by atoms with E-state index in [1.54, 1.807) is 18.3 Å². The first-order valence-corrected chi connectivity index (χ1v) is 8.71. The van der Waals surface area contributed by atoms with E-state index in [1.165, 1.54) is 12.1 Å². The third-order valence-electron chi connectivity index (χ3n) is 4.56. The van der Waals surface area contributed by atoms with Crippen LogP contribution in [0.1, 0.15) is 41.6 Å². The normalized spacial score (nSPS) is 20.1. The SMILES string of the molecule is O=C(Nc1ccc(C(F)(F)F)cc1)c1cccnc1NC1CCC(O)CC1. The maximum Gasteiger partial charge on any atom is 0.416 e. The van der Waals surface area contributed by atoms with Crippen molar-refractivity contribution in [3.8, 4) is 0 Å². The minimum atomic E-state index is -4.42. The maximum atomic E-state index is 12.6. The minimum Gasteiger partial charge on any atom is -0.393 e. The summed E-state index contributed by atoms with van der Waals surface area (Å²) in [7, 11) is 0. The lowest BCUT2D eigenvalue weighted by atomic mass is 9.93. The Hall–Kier alpha value is -2.61. The van der Waals surface area contributed by atoms with Crippen molar-refractivity contribution in [3.63, 3.8) is 0 Å². The number of benzene rings is 1. The van der Waals surface area contributed by atoms with Gasteiger partial charge in [-0.3, -0.25) is 4.79 Å². The van der Waals surface area contributed by atoms with Gasteiger partial charge in [0.25, 0.3) is 5.91 Å². The summed E-state index contributed by atoms with van der Waals surface area (Å²) >= 11 is 0. The number of hydrogen-bond donors (Lipinski definition) is 3. The van der Waals surface area contributed by atoms with Crippen LogP contribution in [0, 0.1) is 0 Å². The van der Waals surface area contributed by atoms with Crippen LogP contribution in [-0.4, -0.2) is 28.1 Å². The molecular weight excluding hydrogens is 359 g/mol. The van der Waals surface area contributed by atoms with Gasteiger partial charge < -0.3 is 15.7 Å². The fourth-order valence-corrected chi connectivity index (χ4v) is 3.06. The topological polar surface area (TPSA) is 74.2 Å². The van der Waals surface area contributed by atoms with E-state index >= 15 is 0 Å². The van der Waals surface area contributed by atoms with Crippen molar-refractivity contribution in [1.82, 2.24) is 4.98 Å². The average molecular weight is 379 g/mol. The van der Waals surface area contributed by atoms with Gasteiger partial charge in [0.1, 0.15) is 5.82 Å². The number of pyridine rings is 1. The Morgan fingerprint density at radius 1 is 1.07 bits per heavy atom. The molecule has 1 heterocycles. The Morgan fingerprint density at radius 2 is 1.74 bits per heavy atom. The second-order valence-electron chi connectivity index (χ2n) is 6.58. The molecule has 0 aliphatic heterocycles. The Morgan fingerprint density at radius 3 is 2.37 bits per heavy atom. The van der Waals surface area contributed by atoms with Gasteiger partial charge in [-0.1, -0.05) is 0 Å². The second-order valence-corrected chi connectivity index (χ2v) is 6.58. The molecule has 1 aromatic carbocycles. The van der Waals surface area contributed by atoms with E-state index in [9.17, 15) is 23.1 Å². The van der Waals surface area contributed by atoms with Crippen molar-refractivity contribution in [2.45, 2.75) is 44.0 Å². The molecular formula is C19H20F3N3O2. The number of nitrogens with zero attached hydrogens (tertiary/aromatic N) is 1. The van der Waals surface area contributed by atoms with Crippen molar-refractivity contribution in [2.24, 2.45) is 0 Å². The van der Waals surface area contributed by atoms with E-state index in [-0.39, 0.29) is 17.8 Å². The Balaban J connectivity index is 1.70. The van der Waals surface area contributed by atoms with Crippen LogP contribution in [0.25, 0.3) is 0 Å². The van der Waals surface area contributed by atoms with Gasteiger partial charge in [-0.15, -0.1) is 0 Å². The monoisotopic (exact) mass is 379 g/mol. The van der Waals surface area contributed by atoms with E-state index < -0.39 is 17.6 Å². The van der Waals surface area contributed by atoms with Crippen molar-refractivity contribution in [1.29, 1.82) is 0 Å². The first kappa shape index (κ1) is 19.2. The third kappa shape index (κ3) is 4.97. The zero-order valence-electron chi connectivity index (χ0n) is 14.5. The number of hydrogen-bond acceptors (Lipinski definition) is 4. The lowest BCUT2D eigenvalue weighted by molar-refractivity contribution is -0.137. The van der Waals surface area contributed by atoms with Gasteiger partial charge in [-0.05, 0) is 62.1 Å². The van der Waals surface area contributed by atoms with Crippen molar-refractivity contribution >= 4 is 17.4 Å². The van der Waals surface area contributed by atoms with Crippen molar-refractivity contribution < 1.29 is 23.1 Å². The van der Waals surface area contributed by atoms with Crippen LogP contribution in [0.4, 0.5) is 24.7 Å². The van der Waals surface area contributed by atoms with Crippen LogP contribution >= 0.6 is 0 Å². The fourth-order valence-electron chi connectivity index (χ4n) is 3.06. The highest BCUT2D eigenvalue weighted by Gasteiger charge is 2.30. The summed E-state index contributed by atoms with van der Waals surface area (Å²) in [5, 5.41) is 15.4. The number of aliphatic hydroxyl groups excluding tert-OH is 1. The zero-order chi connectivity index (χ0) is 19.4. The number of alkyl halides is 3. The first-order chi connectivity index (χ1) is 12.8. The van der Waals surface area contributed by atoms with Crippen LogP contribution in [0.2, 0.25) is 0 Å². The van der Waals surface area contributed by atoms with E-state index in [4.69, 9.17) is 0 Å². The quantitative estimate of drug-likeness (QED) is 0.749. The van der Waals surface area contributed by atoms with Crippen LogP contribution in [0.5, 0.6) is 0 Å². The number of amides is 1. The molecule has 1 aliphatic carbocycles. The summed E-state index contributed by atoms with van der Waals surface area (Å²) in [5.74, 6) is -0.0375. The van der Waals surface area contributed by atoms with E-state index in [0.29, 0.717) is 24.2 Å². The van der Waals surface area contributed by atoms with Crippen LogP contribution in [-0.2, 0) is 6.18 Å². The molecule has 2 aromatic rings. The van der Waals surface area contributed by atoms with Gasteiger partial charge in [0.05, 0.1) is 17.2 Å². The van der Waals surface area contributed by atoms with E-state index in [1.807, 2.05) is 0 Å². The molecule has 5 nitrogen and oxygen atoms in total. The highest BCUT2D eigenvalue weighted by molar-refractivity contribution is 6.07. The summed E-state index contributed by atoms with van der Waals surface area (Å²) in [6.07, 6.45) is -0.204. The Kier molecular flexibility index (Phi) is 5.65. The molecule has 1 amide bonds. The summed E-state index contributed by atoms with van der Waals surface area (Å²) in [6, 6.07) is 7.61. The highest BCUT2D eigenvalue weighted by Crippen LogP contribution is 2.30. The third-order valence-corrected chi connectivity index (χ3v) is 4.56. The molecule has 1 saturated carbocycles. The summed E-state index contributed by atoms with van der Waals surface area (Å²) < 4.78 is 37.9. The minimum absolute atomic E-state index is 0.112. The van der Waals surface area contributed by atoms with Crippen molar-refractivity contribution in [3.05, 3.63) is 53.7 Å². The van der Waals surface area contributed by atoms with Gasteiger partial charge >= 0.3 is 6.18 Å².